The van der Waals surface area contributed by atoms with Crippen molar-refractivity contribution in [2.45, 2.75) is 12.8 Å². The third-order valence-corrected chi connectivity index (χ3v) is 2.93. The molecule has 0 N–H and O–H groups in total. The number of halogens is 3. The molecule has 0 spiro atoms. The summed E-state index contributed by atoms with van der Waals surface area (Å²) < 4.78 is 43.6. The molecular weight excluding hydrogens is 293 g/mol. The van der Waals surface area contributed by atoms with Gasteiger partial charge < -0.3 is 4.74 Å². The first-order valence-electron chi connectivity index (χ1n) is 6.30. The topological polar surface area (TPSA) is 26.3 Å². The molecule has 0 aliphatic heterocycles. The van der Waals surface area contributed by atoms with Gasteiger partial charge in [0.05, 0.1) is 11.1 Å². The van der Waals surface area contributed by atoms with Crippen LogP contribution in [0, 0.1) is 12.3 Å². The molecule has 0 aliphatic rings. The zero-order valence-electron chi connectivity index (χ0n) is 11.4. The summed E-state index contributed by atoms with van der Waals surface area (Å²) in [5, 5.41) is 0. The van der Waals surface area contributed by atoms with E-state index in [1.165, 1.54) is 6.07 Å². The maximum absolute atomic E-state index is 12.9. The van der Waals surface area contributed by atoms with Crippen LogP contribution in [0.15, 0.2) is 48.5 Å². The predicted octanol–water partition coefficient (Wildman–Crippen LogP) is 4.04. The van der Waals surface area contributed by atoms with Gasteiger partial charge in [-0.1, -0.05) is 36.3 Å². The molecule has 0 heterocycles. The van der Waals surface area contributed by atoms with Gasteiger partial charge in [0.15, 0.2) is 0 Å². The van der Waals surface area contributed by atoms with Crippen molar-refractivity contribution in [3.05, 3.63) is 70.8 Å². The van der Waals surface area contributed by atoms with E-state index in [0.717, 1.165) is 11.6 Å². The second-order valence-corrected chi connectivity index (χ2v) is 4.46. The molecule has 0 aromatic heterocycles. The SMILES string of the molecule is C#Cc1ccc(C(=O)OCc2ccccc2)cc1C(F)(F)F. The van der Waals surface area contributed by atoms with Crippen molar-refractivity contribution in [1.29, 1.82) is 0 Å². The number of rotatable bonds is 3. The van der Waals surface area contributed by atoms with Crippen LogP contribution in [0.4, 0.5) is 13.2 Å². The van der Waals surface area contributed by atoms with Gasteiger partial charge >= 0.3 is 12.1 Å². The minimum absolute atomic E-state index is 0.0160. The molecule has 0 atom stereocenters. The Morgan fingerprint density at radius 2 is 1.82 bits per heavy atom. The Balaban J connectivity index is 2.19. The van der Waals surface area contributed by atoms with Gasteiger partial charge in [-0.05, 0) is 23.8 Å². The van der Waals surface area contributed by atoms with Gasteiger partial charge in [-0.2, -0.15) is 13.2 Å². The van der Waals surface area contributed by atoms with Crippen LogP contribution in [0.3, 0.4) is 0 Å². The molecule has 0 radical (unpaired) electrons. The van der Waals surface area contributed by atoms with Gasteiger partial charge in [0.1, 0.15) is 6.61 Å². The molecular formula is C17H11F3O2. The molecule has 2 rings (SSSR count). The Bertz CT molecular complexity index is 713. The van der Waals surface area contributed by atoms with Crippen LogP contribution in [0.1, 0.15) is 27.0 Å². The van der Waals surface area contributed by atoms with Crippen LogP contribution in [-0.4, -0.2) is 5.97 Å². The molecule has 2 aromatic rings. The fourth-order valence-corrected chi connectivity index (χ4v) is 1.84. The first-order valence-corrected chi connectivity index (χ1v) is 6.30. The van der Waals surface area contributed by atoms with Gasteiger partial charge in [0.25, 0.3) is 0 Å². The smallest absolute Gasteiger partial charge is 0.417 e. The van der Waals surface area contributed by atoms with Crippen molar-refractivity contribution in [3.63, 3.8) is 0 Å². The highest BCUT2D eigenvalue weighted by Crippen LogP contribution is 2.32. The molecule has 2 nitrogen and oxygen atoms in total. The molecule has 0 unspecified atom stereocenters. The quantitative estimate of drug-likeness (QED) is 0.632. The highest BCUT2D eigenvalue weighted by molar-refractivity contribution is 5.90. The number of ether oxygens (including phenoxy) is 1. The monoisotopic (exact) mass is 304 g/mol. The Morgan fingerprint density at radius 1 is 1.14 bits per heavy atom. The van der Waals surface area contributed by atoms with Crippen LogP contribution in [0.25, 0.3) is 0 Å². The number of carbonyl (C=O) groups is 1. The lowest BCUT2D eigenvalue weighted by atomic mass is 10.0. The van der Waals surface area contributed by atoms with Crippen molar-refractivity contribution in [1.82, 2.24) is 0 Å². The summed E-state index contributed by atoms with van der Waals surface area (Å²) in [7, 11) is 0. The third-order valence-electron chi connectivity index (χ3n) is 2.93. The lowest BCUT2D eigenvalue weighted by Crippen LogP contribution is -2.11. The Kier molecular flexibility index (Phi) is 4.52. The molecule has 0 bridgehead atoms. The second kappa shape index (κ2) is 6.35. The van der Waals surface area contributed by atoms with E-state index >= 15 is 0 Å². The van der Waals surface area contributed by atoms with Crippen molar-refractivity contribution in [3.8, 4) is 12.3 Å². The van der Waals surface area contributed by atoms with Crippen LogP contribution in [0.5, 0.6) is 0 Å². The lowest BCUT2D eigenvalue weighted by molar-refractivity contribution is -0.137. The van der Waals surface area contributed by atoms with E-state index in [0.29, 0.717) is 6.07 Å². The molecule has 0 saturated carbocycles. The number of hydrogen-bond acceptors (Lipinski definition) is 2. The van der Waals surface area contributed by atoms with E-state index in [1.54, 1.807) is 30.3 Å². The van der Waals surface area contributed by atoms with E-state index in [2.05, 4.69) is 0 Å². The molecule has 0 aliphatic carbocycles. The molecule has 0 amide bonds. The summed E-state index contributed by atoms with van der Waals surface area (Å²) in [6.45, 7) is -0.0160. The average molecular weight is 304 g/mol. The van der Waals surface area contributed by atoms with Gasteiger partial charge in [0.2, 0.25) is 0 Å². The number of alkyl halides is 3. The number of hydrogen-bond donors (Lipinski definition) is 0. The summed E-state index contributed by atoms with van der Waals surface area (Å²) in [6.07, 6.45) is 0.414. The molecule has 22 heavy (non-hydrogen) atoms. The van der Waals surface area contributed by atoms with Gasteiger partial charge in [-0.15, -0.1) is 6.42 Å². The zero-order chi connectivity index (χ0) is 16.2. The maximum Gasteiger partial charge on any atom is 0.417 e. The number of carbonyl (C=O) groups excluding carboxylic acids is 1. The first-order chi connectivity index (χ1) is 10.4. The molecule has 2 aromatic carbocycles. The summed E-state index contributed by atoms with van der Waals surface area (Å²) >= 11 is 0. The zero-order valence-corrected chi connectivity index (χ0v) is 11.4. The van der Waals surface area contributed by atoms with Gasteiger partial charge in [0, 0.05) is 5.56 Å². The van der Waals surface area contributed by atoms with Crippen molar-refractivity contribution < 1.29 is 22.7 Å². The predicted molar refractivity (Wildman–Crippen MR) is 74.9 cm³/mol. The fourth-order valence-electron chi connectivity index (χ4n) is 1.84. The lowest BCUT2D eigenvalue weighted by Gasteiger charge is -2.11. The number of benzene rings is 2. The Morgan fingerprint density at radius 3 is 2.41 bits per heavy atom. The number of terminal acetylenes is 1. The van der Waals surface area contributed by atoms with Crippen molar-refractivity contribution in [2.75, 3.05) is 0 Å². The summed E-state index contributed by atoms with van der Waals surface area (Å²) in [5.74, 6) is 1.12. The summed E-state index contributed by atoms with van der Waals surface area (Å²) in [6, 6.07) is 11.9. The molecule has 0 fully saturated rings. The minimum Gasteiger partial charge on any atom is -0.457 e. The molecule has 112 valence electrons. The highest BCUT2D eigenvalue weighted by atomic mass is 19.4. The Hall–Kier alpha value is -2.74. The van der Waals surface area contributed by atoms with E-state index in [9.17, 15) is 18.0 Å². The fraction of sp³-hybridized carbons (Fsp3) is 0.118. The van der Waals surface area contributed by atoms with Gasteiger partial charge in [-0.3, -0.25) is 0 Å². The van der Waals surface area contributed by atoms with Crippen LogP contribution in [0.2, 0.25) is 0 Å². The summed E-state index contributed by atoms with van der Waals surface area (Å²) in [4.78, 5) is 11.9. The normalized spacial score (nSPS) is 10.8. The van der Waals surface area contributed by atoms with Crippen LogP contribution < -0.4 is 0 Å². The molecule has 5 heteroatoms. The maximum atomic E-state index is 12.9. The van der Waals surface area contributed by atoms with Gasteiger partial charge in [-0.25, -0.2) is 4.79 Å². The number of esters is 1. The Labute approximate surface area is 125 Å². The van der Waals surface area contributed by atoms with Crippen LogP contribution in [-0.2, 0) is 17.5 Å². The van der Waals surface area contributed by atoms with E-state index in [-0.39, 0.29) is 17.7 Å². The van der Waals surface area contributed by atoms with Crippen molar-refractivity contribution >= 4 is 5.97 Å². The standard InChI is InChI=1S/C17H11F3O2/c1-2-13-8-9-14(10-15(13)17(18,19)20)16(21)22-11-12-6-4-3-5-7-12/h1,3-10H,11H2. The van der Waals surface area contributed by atoms with Crippen LogP contribution >= 0.6 is 0 Å². The third kappa shape index (κ3) is 3.67. The minimum atomic E-state index is -4.63. The first kappa shape index (κ1) is 15.6. The van der Waals surface area contributed by atoms with E-state index in [1.807, 2.05) is 5.92 Å². The second-order valence-electron chi connectivity index (χ2n) is 4.46. The largest absolute Gasteiger partial charge is 0.457 e. The highest BCUT2D eigenvalue weighted by Gasteiger charge is 2.34. The van der Waals surface area contributed by atoms with E-state index < -0.39 is 17.7 Å². The summed E-state index contributed by atoms with van der Waals surface area (Å²) in [5.41, 5.74) is -0.786. The van der Waals surface area contributed by atoms with E-state index in [4.69, 9.17) is 11.2 Å². The van der Waals surface area contributed by atoms with Crippen molar-refractivity contribution in [2.24, 2.45) is 0 Å². The average Bonchev–Trinajstić information content (AvgIpc) is 2.52. The molecule has 0 saturated heterocycles.